The molecule has 7 atom stereocenters. The van der Waals surface area contributed by atoms with Gasteiger partial charge in [-0.25, -0.2) is 0 Å². The van der Waals surface area contributed by atoms with Crippen LogP contribution in [0.5, 0.6) is 17.2 Å². The van der Waals surface area contributed by atoms with Crippen molar-refractivity contribution in [3.8, 4) is 17.2 Å². The second-order valence-electron chi connectivity index (χ2n) is 7.69. The van der Waals surface area contributed by atoms with Crippen LogP contribution in [0, 0.1) is 0 Å². The minimum Gasteiger partial charge on any atom is -0.507 e. The topological polar surface area (TPSA) is 186 Å². The lowest BCUT2D eigenvalue weighted by atomic mass is 9.98. The molecule has 7 unspecified atom stereocenters. The third kappa shape index (κ3) is 6.07. The smallest absolute Gasteiger partial charge is 0.229 e. The number of aromatic hydroxyl groups is 1. The lowest BCUT2D eigenvalue weighted by Gasteiger charge is -2.39. The summed E-state index contributed by atoms with van der Waals surface area (Å²) < 4.78 is 16.0. The zero-order valence-electron chi connectivity index (χ0n) is 18.0. The van der Waals surface area contributed by atoms with E-state index < -0.39 is 61.1 Å². The van der Waals surface area contributed by atoms with Crippen molar-refractivity contribution in [3.63, 3.8) is 0 Å². The molecule has 0 aliphatic carbocycles. The van der Waals surface area contributed by atoms with Crippen LogP contribution in [0.4, 0.5) is 0 Å². The number of hydrogen-bond acceptors (Lipinski definition) is 11. The Morgan fingerprint density at radius 2 is 1.81 bits per heavy atom. The van der Waals surface area contributed by atoms with Crippen LogP contribution >= 0.6 is 0 Å². The van der Waals surface area contributed by atoms with Gasteiger partial charge in [-0.05, 0) is 19.3 Å². The molecule has 1 fully saturated rings. The lowest BCUT2D eigenvalue weighted by molar-refractivity contribution is -0.277. The van der Waals surface area contributed by atoms with Crippen LogP contribution in [0.1, 0.15) is 43.0 Å². The second-order valence-corrected chi connectivity index (χ2v) is 7.69. The van der Waals surface area contributed by atoms with Crippen molar-refractivity contribution < 1.29 is 54.8 Å². The van der Waals surface area contributed by atoms with E-state index in [4.69, 9.17) is 14.2 Å². The Morgan fingerprint density at radius 3 is 2.41 bits per heavy atom. The molecule has 0 radical (unpaired) electrons. The largest absolute Gasteiger partial charge is 0.507 e. The standard InChI is InChI=1S/C21H32O11/c1-3-11(23)12(24)5-4-6-13(25)17-14(26)7-10(30-2)8-15(17)31-21-20(29)19(28)18(27)16(9-22)32-21/h7-8,11-12,16,18-24,26-29H,3-6,9H2,1-2H3. The Bertz CT molecular complexity index is 754. The van der Waals surface area contributed by atoms with Gasteiger partial charge < -0.3 is 50.0 Å². The summed E-state index contributed by atoms with van der Waals surface area (Å²) in [5, 5.41) is 69.3. The summed E-state index contributed by atoms with van der Waals surface area (Å²) in [5.74, 6) is -1.06. The van der Waals surface area contributed by atoms with Gasteiger partial charge in [0.05, 0.1) is 25.9 Å². The first kappa shape index (κ1) is 26.3. The molecule has 11 nitrogen and oxygen atoms in total. The van der Waals surface area contributed by atoms with Crippen molar-refractivity contribution in [2.45, 2.75) is 75.5 Å². The predicted molar refractivity (Wildman–Crippen MR) is 110 cm³/mol. The molecule has 1 aromatic carbocycles. The summed E-state index contributed by atoms with van der Waals surface area (Å²) in [6, 6.07) is 2.48. The van der Waals surface area contributed by atoms with Crippen LogP contribution in [-0.2, 0) is 4.74 Å². The maximum absolute atomic E-state index is 12.8. The number of methoxy groups -OCH3 is 1. The first-order chi connectivity index (χ1) is 15.1. The van der Waals surface area contributed by atoms with Crippen LogP contribution < -0.4 is 9.47 Å². The van der Waals surface area contributed by atoms with Crippen LogP contribution in [0.15, 0.2) is 12.1 Å². The van der Waals surface area contributed by atoms with Crippen molar-refractivity contribution in [1.29, 1.82) is 0 Å². The van der Waals surface area contributed by atoms with Crippen molar-refractivity contribution in [3.05, 3.63) is 17.7 Å². The van der Waals surface area contributed by atoms with Crippen LogP contribution in [0.25, 0.3) is 0 Å². The van der Waals surface area contributed by atoms with Crippen LogP contribution in [-0.4, -0.2) is 98.2 Å². The van der Waals surface area contributed by atoms with E-state index >= 15 is 0 Å². The first-order valence-corrected chi connectivity index (χ1v) is 10.4. The van der Waals surface area contributed by atoms with Gasteiger partial charge in [-0.15, -0.1) is 0 Å². The van der Waals surface area contributed by atoms with Gasteiger partial charge in [0.1, 0.15) is 47.2 Å². The summed E-state index contributed by atoms with van der Waals surface area (Å²) in [6.07, 6.45) is -8.97. The molecule has 2 rings (SSSR count). The molecule has 11 heteroatoms. The Hall–Kier alpha value is -1.99. The number of rotatable bonds is 11. The molecule has 32 heavy (non-hydrogen) atoms. The molecule has 1 saturated heterocycles. The normalized spacial score (nSPS) is 27.6. The van der Waals surface area contributed by atoms with E-state index in [9.17, 15) is 40.5 Å². The summed E-state index contributed by atoms with van der Waals surface area (Å²) in [4.78, 5) is 12.8. The molecule has 0 saturated carbocycles. The monoisotopic (exact) mass is 460 g/mol. The molecule has 1 aliphatic rings. The minimum atomic E-state index is -1.71. The average Bonchev–Trinajstić information content (AvgIpc) is 2.78. The number of phenols is 1. The van der Waals surface area contributed by atoms with Gasteiger partial charge in [0, 0.05) is 18.6 Å². The van der Waals surface area contributed by atoms with Crippen molar-refractivity contribution in [2.75, 3.05) is 13.7 Å². The fraction of sp³-hybridized carbons (Fsp3) is 0.667. The Labute approximate surface area is 185 Å². The number of aliphatic hydroxyl groups excluding tert-OH is 6. The van der Waals surface area contributed by atoms with Gasteiger partial charge in [-0.2, -0.15) is 0 Å². The fourth-order valence-electron chi connectivity index (χ4n) is 3.42. The van der Waals surface area contributed by atoms with E-state index in [0.717, 1.165) is 0 Å². The van der Waals surface area contributed by atoms with E-state index in [0.29, 0.717) is 6.42 Å². The van der Waals surface area contributed by atoms with Crippen LogP contribution in [0.3, 0.4) is 0 Å². The highest BCUT2D eigenvalue weighted by atomic mass is 16.7. The second kappa shape index (κ2) is 11.8. The van der Waals surface area contributed by atoms with Crippen molar-refractivity contribution in [2.24, 2.45) is 0 Å². The zero-order valence-corrected chi connectivity index (χ0v) is 18.0. The van der Waals surface area contributed by atoms with E-state index in [2.05, 4.69) is 0 Å². The van der Waals surface area contributed by atoms with E-state index in [-0.39, 0.29) is 36.3 Å². The fourth-order valence-corrected chi connectivity index (χ4v) is 3.42. The van der Waals surface area contributed by atoms with Gasteiger partial charge in [0.2, 0.25) is 6.29 Å². The van der Waals surface area contributed by atoms with E-state index in [1.807, 2.05) is 0 Å². The third-order valence-corrected chi connectivity index (χ3v) is 5.43. The first-order valence-electron chi connectivity index (χ1n) is 10.4. The summed E-state index contributed by atoms with van der Waals surface area (Å²) in [6.45, 7) is 1.06. The third-order valence-electron chi connectivity index (χ3n) is 5.43. The minimum absolute atomic E-state index is 0.0849. The Kier molecular flexibility index (Phi) is 9.64. The van der Waals surface area contributed by atoms with Gasteiger partial charge in [-0.1, -0.05) is 6.92 Å². The van der Waals surface area contributed by atoms with Crippen molar-refractivity contribution >= 4 is 5.78 Å². The highest BCUT2D eigenvalue weighted by molar-refractivity contribution is 6.01. The molecule has 7 N–H and O–H groups in total. The van der Waals surface area contributed by atoms with E-state index in [1.165, 1.54) is 19.2 Å². The molecular formula is C21H32O11. The highest BCUT2D eigenvalue weighted by Crippen LogP contribution is 2.36. The Morgan fingerprint density at radius 1 is 1.12 bits per heavy atom. The number of carbonyl (C=O) groups is 1. The maximum atomic E-state index is 12.8. The van der Waals surface area contributed by atoms with Gasteiger partial charge in [0.15, 0.2) is 5.78 Å². The predicted octanol–water partition coefficient (Wildman–Crippen LogP) is -0.936. The molecule has 182 valence electrons. The molecule has 1 aliphatic heterocycles. The number of ether oxygens (including phenoxy) is 3. The number of ketones is 1. The molecule has 0 spiro atoms. The number of Topliss-reactive ketones (excluding diaryl/α,β-unsaturated/α-hetero) is 1. The number of hydrogen-bond donors (Lipinski definition) is 7. The number of carbonyl (C=O) groups excluding carboxylic acids is 1. The summed E-state index contributed by atoms with van der Waals surface area (Å²) in [7, 11) is 1.33. The maximum Gasteiger partial charge on any atom is 0.229 e. The molecule has 1 heterocycles. The summed E-state index contributed by atoms with van der Waals surface area (Å²) >= 11 is 0. The van der Waals surface area contributed by atoms with Crippen LogP contribution in [0.2, 0.25) is 0 Å². The SMILES string of the molecule is CCC(O)C(O)CCCC(=O)c1c(O)cc(OC)cc1OC1OC(CO)C(O)C(O)C1O. The van der Waals surface area contributed by atoms with Crippen molar-refractivity contribution in [1.82, 2.24) is 0 Å². The van der Waals surface area contributed by atoms with Gasteiger partial charge in [0.25, 0.3) is 0 Å². The molecule has 0 aromatic heterocycles. The van der Waals surface area contributed by atoms with Gasteiger partial charge in [-0.3, -0.25) is 4.79 Å². The number of phenolic OH excluding ortho intramolecular Hbond substituents is 1. The van der Waals surface area contributed by atoms with Gasteiger partial charge >= 0.3 is 0 Å². The lowest BCUT2D eigenvalue weighted by Crippen LogP contribution is -2.60. The Balaban J connectivity index is 2.23. The number of aliphatic hydroxyl groups is 6. The van der Waals surface area contributed by atoms with E-state index in [1.54, 1.807) is 6.92 Å². The zero-order chi connectivity index (χ0) is 24.0. The molecule has 1 aromatic rings. The highest BCUT2D eigenvalue weighted by Gasteiger charge is 2.45. The summed E-state index contributed by atoms with van der Waals surface area (Å²) in [5.41, 5.74) is -0.228. The quantitative estimate of drug-likeness (QED) is 0.202. The molecule has 0 amide bonds. The molecule has 0 bridgehead atoms. The molecular weight excluding hydrogens is 428 g/mol. The average molecular weight is 460 g/mol. The number of benzene rings is 1.